The van der Waals surface area contributed by atoms with Gasteiger partial charge in [-0.1, -0.05) is 18.2 Å². The minimum atomic E-state index is 0.0625. The molecular weight excluding hydrogens is 220 g/mol. The summed E-state index contributed by atoms with van der Waals surface area (Å²) in [6, 6.07) is 10.3. The molecule has 0 saturated carbocycles. The fourth-order valence-corrected chi connectivity index (χ4v) is 2.84. The number of hydrogen-bond donors (Lipinski definition) is 0. The van der Waals surface area contributed by atoms with Crippen molar-refractivity contribution in [2.24, 2.45) is 5.10 Å². The lowest BCUT2D eigenvalue weighted by Gasteiger charge is -1.98. The molecule has 1 aliphatic rings. The molecule has 16 heavy (non-hydrogen) atoms. The molecule has 0 N–H and O–H groups in total. The number of nitrogens with zero attached hydrogens (tertiary/aromatic N) is 2. The van der Waals surface area contributed by atoms with Gasteiger partial charge in [0.2, 0.25) is 5.91 Å². The molecule has 1 aromatic carbocycles. The number of carbonyl (C=O) groups is 1. The third-order valence-electron chi connectivity index (χ3n) is 2.66. The van der Waals surface area contributed by atoms with Crippen LogP contribution in [0.2, 0.25) is 0 Å². The number of rotatable bonds is 1. The largest absolute Gasteiger partial charge is 0.273 e. The Bertz CT molecular complexity index is 567. The maximum Gasteiger partial charge on any atom is 0.248 e. The number of amides is 1. The van der Waals surface area contributed by atoms with E-state index in [0.717, 1.165) is 10.6 Å². The van der Waals surface area contributed by atoms with Gasteiger partial charge in [0.15, 0.2) is 0 Å². The number of benzene rings is 1. The summed E-state index contributed by atoms with van der Waals surface area (Å²) in [5.41, 5.74) is 0.883. The van der Waals surface area contributed by atoms with E-state index >= 15 is 0 Å². The minimum Gasteiger partial charge on any atom is -0.273 e. The quantitative estimate of drug-likeness (QED) is 0.740. The highest BCUT2D eigenvalue weighted by molar-refractivity contribution is 7.21. The third kappa shape index (κ3) is 1.42. The summed E-state index contributed by atoms with van der Waals surface area (Å²) in [5, 5.41) is 6.88. The second-order valence-electron chi connectivity index (χ2n) is 3.79. The molecule has 0 aliphatic carbocycles. The van der Waals surface area contributed by atoms with Crippen molar-refractivity contribution in [3.63, 3.8) is 0 Å². The first-order valence-corrected chi connectivity index (χ1v) is 5.89. The van der Waals surface area contributed by atoms with Crippen molar-refractivity contribution in [2.45, 2.75) is 6.42 Å². The lowest BCUT2D eigenvalue weighted by molar-refractivity contribution is -0.127. The van der Waals surface area contributed by atoms with Crippen molar-refractivity contribution < 1.29 is 4.79 Å². The highest BCUT2D eigenvalue weighted by Gasteiger charge is 2.22. The lowest BCUT2D eigenvalue weighted by Crippen LogP contribution is -2.13. The van der Waals surface area contributed by atoms with E-state index in [4.69, 9.17) is 0 Å². The Labute approximate surface area is 97.0 Å². The van der Waals surface area contributed by atoms with E-state index in [-0.39, 0.29) is 5.91 Å². The maximum absolute atomic E-state index is 11.4. The number of carbonyl (C=O) groups excluding carboxylic acids is 1. The molecule has 3 rings (SSSR count). The van der Waals surface area contributed by atoms with Gasteiger partial charge >= 0.3 is 0 Å². The molecule has 1 aliphatic heterocycles. The van der Waals surface area contributed by atoms with Gasteiger partial charge in [-0.3, -0.25) is 4.79 Å². The van der Waals surface area contributed by atoms with Gasteiger partial charge < -0.3 is 0 Å². The number of thiophene rings is 1. The maximum atomic E-state index is 11.4. The number of hydrazone groups is 1. The molecule has 2 heterocycles. The summed E-state index contributed by atoms with van der Waals surface area (Å²) in [6.07, 6.45) is 0.420. The van der Waals surface area contributed by atoms with Crippen molar-refractivity contribution in [1.29, 1.82) is 0 Å². The first-order chi connectivity index (χ1) is 7.74. The summed E-state index contributed by atoms with van der Waals surface area (Å²) in [4.78, 5) is 12.5. The van der Waals surface area contributed by atoms with Gasteiger partial charge in [0.25, 0.3) is 0 Å². The predicted octanol–water partition coefficient (Wildman–Crippen LogP) is 2.47. The topological polar surface area (TPSA) is 32.7 Å². The van der Waals surface area contributed by atoms with Crippen LogP contribution in [-0.2, 0) is 4.79 Å². The molecule has 3 nitrogen and oxygen atoms in total. The Morgan fingerprint density at radius 1 is 1.38 bits per heavy atom. The van der Waals surface area contributed by atoms with Crippen molar-refractivity contribution in [3.05, 3.63) is 35.2 Å². The van der Waals surface area contributed by atoms with Gasteiger partial charge in [-0.15, -0.1) is 11.3 Å². The van der Waals surface area contributed by atoms with E-state index in [9.17, 15) is 4.79 Å². The van der Waals surface area contributed by atoms with Gasteiger partial charge in [0.05, 0.1) is 17.0 Å². The smallest absolute Gasteiger partial charge is 0.248 e. The molecule has 1 amide bonds. The summed E-state index contributed by atoms with van der Waals surface area (Å²) in [6.45, 7) is 0. The molecule has 2 aromatic rings. The van der Waals surface area contributed by atoms with Gasteiger partial charge in [-0.2, -0.15) is 5.10 Å². The van der Waals surface area contributed by atoms with E-state index in [1.165, 1.54) is 15.1 Å². The van der Waals surface area contributed by atoms with Crippen molar-refractivity contribution in [1.82, 2.24) is 5.01 Å². The molecule has 1 aromatic heterocycles. The number of fused-ring (bicyclic) bond motifs is 1. The molecule has 0 atom stereocenters. The Balaban J connectivity index is 2.07. The SMILES string of the molecule is CN1N=C(c2cc3ccccc3s2)CC1=O. The molecule has 0 fully saturated rings. The first-order valence-electron chi connectivity index (χ1n) is 5.07. The predicted molar refractivity (Wildman–Crippen MR) is 65.7 cm³/mol. The normalized spacial score (nSPS) is 15.9. The van der Waals surface area contributed by atoms with Gasteiger partial charge in [0, 0.05) is 11.7 Å². The van der Waals surface area contributed by atoms with Crippen molar-refractivity contribution >= 4 is 33.0 Å². The van der Waals surface area contributed by atoms with Crippen LogP contribution in [0.5, 0.6) is 0 Å². The van der Waals surface area contributed by atoms with Crippen LogP contribution in [0, 0.1) is 0 Å². The van der Waals surface area contributed by atoms with Gasteiger partial charge in [-0.25, -0.2) is 5.01 Å². The van der Waals surface area contributed by atoms with E-state index in [0.29, 0.717) is 6.42 Å². The van der Waals surface area contributed by atoms with Crippen LogP contribution >= 0.6 is 11.3 Å². The van der Waals surface area contributed by atoms with Crippen LogP contribution in [0.15, 0.2) is 35.4 Å². The Hall–Kier alpha value is -1.68. The molecule has 80 valence electrons. The van der Waals surface area contributed by atoms with Crippen LogP contribution < -0.4 is 0 Å². The summed E-state index contributed by atoms with van der Waals surface area (Å²) in [5.74, 6) is 0.0625. The van der Waals surface area contributed by atoms with Gasteiger partial charge in [-0.05, 0) is 17.5 Å². The second-order valence-corrected chi connectivity index (χ2v) is 4.87. The van der Waals surface area contributed by atoms with Crippen LogP contribution in [0.25, 0.3) is 10.1 Å². The molecule has 0 saturated heterocycles. The van der Waals surface area contributed by atoms with Crippen LogP contribution in [0.4, 0.5) is 0 Å². The molecule has 0 unspecified atom stereocenters. The molecular formula is C12H10N2OS. The number of hydrogen-bond acceptors (Lipinski definition) is 3. The standard InChI is InChI=1S/C12H10N2OS/c1-14-12(15)7-9(13-14)11-6-8-4-2-3-5-10(8)16-11/h2-6H,7H2,1H3. The average molecular weight is 230 g/mol. The zero-order valence-corrected chi connectivity index (χ0v) is 9.62. The van der Waals surface area contributed by atoms with Crippen LogP contribution in [0.1, 0.15) is 11.3 Å². The molecule has 0 radical (unpaired) electrons. The zero-order chi connectivity index (χ0) is 11.1. The lowest BCUT2D eigenvalue weighted by atomic mass is 10.2. The monoisotopic (exact) mass is 230 g/mol. The minimum absolute atomic E-state index is 0.0625. The Morgan fingerprint density at radius 2 is 2.19 bits per heavy atom. The summed E-state index contributed by atoms with van der Waals surface area (Å²) in [7, 11) is 1.70. The van der Waals surface area contributed by atoms with E-state index in [1.807, 2.05) is 12.1 Å². The van der Waals surface area contributed by atoms with Crippen LogP contribution in [-0.4, -0.2) is 23.7 Å². The van der Waals surface area contributed by atoms with E-state index in [1.54, 1.807) is 18.4 Å². The van der Waals surface area contributed by atoms with E-state index in [2.05, 4.69) is 23.3 Å². The van der Waals surface area contributed by atoms with Crippen LogP contribution in [0.3, 0.4) is 0 Å². The Kier molecular flexibility index (Phi) is 2.04. The fourth-order valence-electron chi connectivity index (χ4n) is 1.79. The molecule has 0 bridgehead atoms. The molecule has 4 heteroatoms. The van der Waals surface area contributed by atoms with E-state index < -0.39 is 0 Å². The highest BCUT2D eigenvalue weighted by atomic mass is 32.1. The molecule has 0 spiro atoms. The average Bonchev–Trinajstić information content (AvgIpc) is 2.83. The second kappa shape index (κ2) is 3.42. The van der Waals surface area contributed by atoms with Crippen molar-refractivity contribution in [3.8, 4) is 0 Å². The highest BCUT2D eigenvalue weighted by Crippen LogP contribution is 2.28. The fraction of sp³-hybridized carbons (Fsp3) is 0.167. The zero-order valence-electron chi connectivity index (χ0n) is 8.80. The van der Waals surface area contributed by atoms with Gasteiger partial charge in [0.1, 0.15) is 0 Å². The Morgan fingerprint density at radius 3 is 2.88 bits per heavy atom. The first kappa shape index (κ1) is 9.54. The van der Waals surface area contributed by atoms with Crippen molar-refractivity contribution in [2.75, 3.05) is 7.05 Å². The summed E-state index contributed by atoms with van der Waals surface area (Å²) >= 11 is 1.69. The summed E-state index contributed by atoms with van der Waals surface area (Å²) < 4.78 is 1.24. The third-order valence-corrected chi connectivity index (χ3v) is 3.83.